The summed E-state index contributed by atoms with van der Waals surface area (Å²) in [6, 6.07) is 9.72. The first-order valence-corrected chi connectivity index (χ1v) is 8.77. The van der Waals surface area contributed by atoms with Crippen molar-refractivity contribution >= 4 is 6.03 Å². The summed E-state index contributed by atoms with van der Waals surface area (Å²) < 4.78 is 7.33. The van der Waals surface area contributed by atoms with E-state index in [2.05, 4.69) is 17.3 Å². The van der Waals surface area contributed by atoms with Gasteiger partial charge in [0, 0.05) is 32.6 Å². The summed E-state index contributed by atoms with van der Waals surface area (Å²) >= 11 is 0. The molecule has 6 nitrogen and oxygen atoms in total. The lowest BCUT2D eigenvalue weighted by molar-refractivity contribution is 0.00689. The van der Waals surface area contributed by atoms with Crippen molar-refractivity contribution < 1.29 is 9.53 Å². The predicted octanol–water partition coefficient (Wildman–Crippen LogP) is 3.00. The normalized spacial score (nSPS) is 21.8. The van der Waals surface area contributed by atoms with Crippen molar-refractivity contribution in [3.8, 4) is 5.69 Å². The Labute approximate surface area is 148 Å². The van der Waals surface area contributed by atoms with Crippen LogP contribution in [0.25, 0.3) is 5.69 Å². The van der Waals surface area contributed by atoms with Gasteiger partial charge in [-0.3, -0.25) is 0 Å². The quantitative estimate of drug-likeness (QED) is 0.929. The molecule has 3 atom stereocenters. The number of para-hydroxylation sites is 1. The summed E-state index contributed by atoms with van der Waals surface area (Å²) in [5.41, 5.74) is 2.01. The topological polar surface area (TPSA) is 59.4 Å². The third-order valence-electron chi connectivity index (χ3n) is 4.97. The van der Waals surface area contributed by atoms with E-state index in [1.165, 1.54) is 0 Å². The van der Waals surface area contributed by atoms with Crippen LogP contribution in [-0.2, 0) is 4.74 Å². The van der Waals surface area contributed by atoms with Crippen LogP contribution in [0.1, 0.15) is 31.9 Å². The van der Waals surface area contributed by atoms with E-state index in [1.807, 2.05) is 53.0 Å². The molecular weight excluding hydrogens is 316 g/mol. The first kappa shape index (κ1) is 17.5. The van der Waals surface area contributed by atoms with Crippen LogP contribution in [-0.4, -0.2) is 47.0 Å². The van der Waals surface area contributed by atoms with Gasteiger partial charge in [0.15, 0.2) is 0 Å². The van der Waals surface area contributed by atoms with Crippen molar-refractivity contribution in [2.75, 3.05) is 20.2 Å². The van der Waals surface area contributed by atoms with Crippen LogP contribution in [0.3, 0.4) is 0 Å². The highest BCUT2D eigenvalue weighted by atomic mass is 16.5. The first-order chi connectivity index (χ1) is 12.1. The lowest BCUT2D eigenvalue weighted by Crippen LogP contribution is -2.50. The average Bonchev–Trinajstić information content (AvgIpc) is 3.16. The second-order valence-electron chi connectivity index (χ2n) is 6.67. The minimum atomic E-state index is -0.117. The molecule has 1 aromatic carbocycles. The van der Waals surface area contributed by atoms with Gasteiger partial charge in [-0.05, 0) is 37.0 Å². The summed E-state index contributed by atoms with van der Waals surface area (Å²) in [4.78, 5) is 14.5. The van der Waals surface area contributed by atoms with E-state index >= 15 is 0 Å². The van der Waals surface area contributed by atoms with E-state index in [4.69, 9.17) is 4.74 Å². The Morgan fingerprint density at radius 3 is 2.88 bits per heavy atom. The number of amides is 2. The van der Waals surface area contributed by atoms with Crippen molar-refractivity contribution in [3.63, 3.8) is 0 Å². The van der Waals surface area contributed by atoms with Crippen LogP contribution in [0.5, 0.6) is 0 Å². The molecule has 0 bridgehead atoms. The highest BCUT2D eigenvalue weighted by Gasteiger charge is 2.29. The molecule has 6 heteroatoms. The zero-order valence-electron chi connectivity index (χ0n) is 15.1. The lowest BCUT2D eigenvalue weighted by atomic mass is 9.96. The van der Waals surface area contributed by atoms with Crippen LogP contribution in [0.15, 0.2) is 42.7 Å². The van der Waals surface area contributed by atoms with Crippen LogP contribution in [0.4, 0.5) is 4.79 Å². The number of nitrogens with one attached hydrogen (secondary N) is 1. The molecule has 1 N–H and O–H groups in total. The van der Waals surface area contributed by atoms with Crippen molar-refractivity contribution in [1.82, 2.24) is 20.0 Å². The number of benzene rings is 1. The van der Waals surface area contributed by atoms with E-state index in [-0.39, 0.29) is 18.2 Å². The van der Waals surface area contributed by atoms with Gasteiger partial charge in [-0.15, -0.1) is 0 Å². The highest BCUT2D eigenvalue weighted by molar-refractivity contribution is 5.75. The van der Waals surface area contributed by atoms with Gasteiger partial charge in [-0.2, -0.15) is 5.10 Å². The van der Waals surface area contributed by atoms with Gasteiger partial charge in [-0.1, -0.05) is 25.1 Å². The van der Waals surface area contributed by atoms with Crippen LogP contribution in [0.2, 0.25) is 0 Å². The van der Waals surface area contributed by atoms with Gasteiger partial charge in [0.05, 0.1) is 17.8 Å². The minimum absolute atomic E-state index is 0.0447. The van der Waals surface area contributed by atoms with E-state index in [1.54, 1.807) is 13.3 Å². The van der Waals surface area contributed by atoms with Gasteiger partial charge >= 0.3 is 6.03 Å². The van der Waals surface area contributed by atoms with Crippen LogP contribution < -0.4 is 5.32 Å². The number of methoxy groups -OCH3 is 1. The summed E-state index contributed by atoms with van der Waals surface area (Å²) in [6.07, 6.45) is 4.72. The van der Waals surface area contributed by atoms with Crippen LogP contribution in [0, 0.1) is 5.92 Å². The molecule has 2 amide bonds. The molecule has 0 aliphatic carbocycles. The Morgan fingerprint density at radius 2 is 2.16 bits per heavy atom. The Balaban J connectivity index is 1.71. The average molecular weight is 342 g/mol. The molecule has 1 aromatic heterocycles. The van der Waals surface area contributed by atoms with E-state index in [0.29, 0.717) is 12.5 Å². The van der Waals surface area contributed by atoms with Crippen molar-refractivity contribution in [1.29, 1.82) is 0 Å². The third-order valence-corrected chi connectivity index (χ3v) is 4.97. The molecule has 0 radical (unpaired) electrons. The zero-order valence-corrected chi connectivity index (χ0v) is 15.1. The van der Waals surface area contributed by atoms with Gasteiger partial charge in [0.1, 0.15) is 0 Å². The lowest BCUT2D eigenvalue weighted by Gasteiger charge is -2.36. The standard InChI is InChI=1S/C19H26N4O2/c1-14-9-12-22(13-18(14)25-3)19(24)21-15(2)16-7-4-5-8-17(16)23-11-6-10-20-23/h4-8,10-11,14-15,18H,9,12-13H2,1-3H3,(H,21,24)/t14-,15-,18+/m0/s1. The summed E-state index contributed by atoms with van der Waals surface area (Å²) in [5, 5.41) is 7.42. The van der Waals surface area contributed by atoms with Crippen LogP contribution >= 0.6 is 0 Å². The molecule has 1 saturated heterocycles. The highest BCUT2D eigenvalue weighted by Crippen LogP contribution is 2.23. The monoisotopic (exact) mass is 342 g/mol. The number of carbonyl (C=O) groups excluding carboxylic acids is 1. The SMILES string of the molecule is CO[C@@H]1CN(C(=O)N[C@@H](C)c2ccccc2-n2cccn2)CC[C@@H]1C. The maximum Gasteiger partial charge on any atom is 0.317 e. The number of hydrogen-bond donors (Lipinski definition) is 1. The number of carbonyl (C=O) groups is 1. The molecule has 0 saturated carbocycles. The fourth-order valence-electron chi connectivity index (χ4n) is 3.35. The molecule has 3 rings (SSSR count). The molecule has 0 unspecified atom stereocenters. The summed E-state index contributed by atoms with van der Waals surface area (Å²) in [6.45, 7) is 5.57. The maximum absolute atomic E-state index is 12.7. The first-order valence-electron chi connectivity index (χ1n) is 8.77. The minimum Gasteiger partial charge on any atom is -0.379 e. The zero-order chi connectivity index (χ0) is 17.8. The molecule has 1 aliphatic rings. The molecule has 134 valence electrons. The van der Waals surface area contributed by atoms with Crippen molar-refractivity contribution in [2.45, 2.75) is 32.4 Å². The molecule has 2 aromatic rings. The summed E-state index contributed by atoms with van der Waals surface area (Å²) in [5.74, 6) is 0.479. The molecule has 0 spiro atoms. The van der Waals surface area contributed by atoms with Crippen molar-refractivity contribution in [2.24, 2.45) is 5.92 Å². The molecule has 2 heterocycles. The Kier molecular flexibility index (Phi) is 5.38. The van der Waals surface area contributed by atoms with E-state index < -0.39 is 0 Å². The Morgan fingerprint density at radius 1 is 1.36 bits per heavy atom. The van der Waals surface area contributed by atoms with E-state index in [0.717, 1.165) is 24.2 Å². The van der Waals surface area contributed by atoms with Gasteiger partial charge in [-0.25, -0.2) is 9.48 Å². The Hall–Kier alpha value is -2.34. The van der Waals surface area contributed by atoms with Gasteiger partial charge < -0.3 is 15.0 Å². The van der Waals surface area contributed by atoms with Gasteiger partial charge in [0.2, 0.25) is 0 Å². The number of likely N-dealkylation sites (tertiary alicyclic amines) is 1. The number of hydrogen-bond acceptors (Lipinski definition) is 3. The maximum atomic E-state index is 12.7. The third kappa shape index (κ3) is 3.85. The molecular formula is C19H26N4O2. The second kappa shape index (κ2) is 7.70. The smallest absolute Gasteiger partial charge is 0.317 e. The number of ether oxygens (including phenoxy) is 1. The summed E-state index contributed by atoms with van der Waals surface area (Å²) in [7, 11) is 1.71. The number of urea groups is 1. The van der Waals surface area contributed by atoms with Gasteiger partial charge in [0.25, 0.3) is 0 Å². The Bertz CT molecular complexity index is 701. The predicted molar refractivity (Wildman–Crippen MR) is 96.7 cm³/mol. The molecule has 1 fully saturated rings. The number of piperidine rings is 1. The fourth-order valence-corrected chi connectivity index (χ4v) is 3.35. The van der Waals surface area contributed by atoms with E-state index in [9.17, 15) is 4.79 Å². The second-order valence-corrected chi connectivity index (χ2v) is 6.67. The number of aromatic nitrogens is 2. The largest absolute Gasteiger partial charge is 0.379 e. The number of nitrogens with zero attached hydrogens (tertiary/aromatic N) is 3. The fraction of sp³-hybridized carbons (Fsp3) is 0.474. The molecule has 1 aliphatic heterocycles. The van der Waals surface area contributed by atoms with Crippen molar-refractivity contribution in [3.05, 3.63) is 48.3 Å². The molecule has 25 heavy (non-hydrogen) atoms. The number of rotatable bonds is 4.